The van der Waals surface area contributed by atoms with E-state index in [1.807, 2.05) is 6.92 Å². The number of thiophene rings is 1. The van der Waals surface area contributed by atoms with Crippen molar-refractivity contribution in [2.45, 2.75) is 24.3 Å². The second-order valence-corrected chi connectivity index (χ2v) is 8.53. The van der Waals surface area contributed by atoms with Gasteiger partial charge in [-0.3, -0.25) is 0 Å². The zero-order valence-corrected chi connectivity index (χ0v) is 13.2. The molecule has 0 aliphatic rings. The van der Waals surface area contributed by atoms with Crippen LogP contribution < -0.4 is 4.72 Å². The van der Waals surface area contributed by atoms with E-state index in [0.717, 1.165) is 3.79 Å². The Morgan fingerprint density at radius 1 is 1.56 bits per heavy atom. The number of aliphatic hydroxyl groups is 1. The van der Waals surface area contributed by atoms with E-state index in [9.17, 15) is 8.42 Å². The second kappa shape index (κ2) is 5.92. The van der Waals surface area contributed by atoms with Gasteiger partial charge in [-0.1, -0.05) is 6.92 Å². The van der Waals surface area contributed by atoms with E-state index in [4.69, 9.17) is 5.11 Å². The number of nitrogens with one attached hydrogen (secondary N) is 1. The van der Waals surface area contributed by atoms with Gasteiger partial charge in [-0.25, -0.2) is 13.1 Å². The third kappa shape index (κ3) is 3.51. The first-order chi connectivity index (χ1) is 7.40. The number of aliphatic hydroxyl groups excluding tert-OH is 1. The molecule has 8 heteroatoms. The summed E-state index contributed by atoms with van der Waals surface area (Å²) in [5.41, 5.74) is 0. The summed E-state index contributed by atoms with van der Waals surface area (Å²) in [5, 5.41) is 8.97. The fourth-order valence-electron chi connectivity index (χ4n) is 1.04. The lowest BCUT2D eigenvalue weighted by Crippen LogP contribution is -2.36. The molecular formula is C8H11Br2NO3S2. The quantitative estimate of drug-likeness (QED) is 0.807. The molecule has 16 heavy (non-hydrogen) atoms. The van der Waals surface area contributed by atoms with Crippen LogP contribution in [0.5, 0.6) is 0 Å². The van der Waals surface area contributed by atoms with Crippen LogP contribution in [0.2, 0.25) is 0 Å². The van der Waals surface area contributed by atoms with Crippen molar-refractivity contribution in [3.8, 4) is 0 Å². The molecule has 1 rings (SSSR count). The number of sulfonamides is 1. The maximum Gasteiger partial charge on any atom is 0.242 e. The van der Waals surface area contributed by atoms with Gasteiger partial charge >= 0.3 is 0 Å². The Morgan fingerprint density at radius 2 is 2.19 bits per heavy atom. The SMILES string of the molecule is CC[C@H](CO)NS(=O)(=O)c1cc(Br)sc1Br. The van der Waals surface area contributed by atoms with Crippen molar-refractivity contribution in [2.24, 2.45) is 0 Å². The van der Waals surface area contributed by atoms with Crippen LogP contribution in [-0.4, -0.2) is 26.2 Å². The molecule has 0 unspecified atom stereocenters. The molecule has 1 aromatic heterocycles. The molecule has 0 bridgehead atoms. The van der Waals surface area contributed by atoms with E-state index in [0.29, 0.717) is 10.2 Å². The Labute approximate surface area is 115 Å². The number of hydrogen-bond donors (Lipinski definition) is 2. The Hall–Kier alpha value is 0.530. The van der Waals surface area contributed by atoms with Gasteiger partial charge < -0.3 is 5.11 Å². The third-order valence-electron chi connectivity index (χ3n) is 1.95. The van der Waals surface area contributed by atoms with Crippen molar-refractivity contribution in [1.29, 1.82) is 0 Å². The Bertz CT molecular complexity index is 454. The van der Waals surface area contributed by atoms with Crippen LogP contribution in [0, 0.1) is 0 Å². The van der Waals surface area contributed by atoms with Crippen LogP contribution in [0.1, 0.15) is 13.3 Å². The Morgan fingerprint density at radius 3 is 2.56 bits per heavy atom. The summed E-state index contributed by atoms with van der Waals surface area (Å²) in [6.45, 7) is 1.60. The molecule has 0 saturated carbocycles. The van der Waals surface area contributed by atoms with Crippen molar-refractivity contribution in [3.63, 3.8) is 0 Å². The summed E-state index contributed by atoms with van der Waals surface area (Å²) >= 11 is 7.71. The summed E-state index contributed by atoms with van der Waals surface area (Å²) in [6, 6.07) is 1.08. The predicted octanol–water partition coefficient (Wildman–Crippen LogP) is 2.32. The average molecular weight is 393 g/mol. The molecule has 1 atom stereocenters. The van der Waals surface area contributed by atoms with E-state index in [-0.39, 0.29) is 11.5 Å². The monoisotopic (exact) mass is 391 g/mol. The zero-order chi connectivity index (χ0) is 12.3. The lowest BCUT2D eigenvalue weighted by atomic mass is 10.3. The minimum absolute atomic E-state index is 0.191. The first-order valence-electron chi connectivity index (χ1n) is 4.48. The van der Waals surface area contributed by atoms with E-state index < -0.39 is 16.1 Å². The standard InChI is InChI=1S/C8H11Br2NO3S2/c1-2-5(4-12)11-16(13,14)6-3-7(9)15-8(6)10/h3,5,11-12H,2,4H2,1H3/t5-/m1/s1. The average Bonchev–Trinajstić information content (AvgIpc) is 2.55. The zero-order valence-electron chi connectivity index (χ0n) is 8.41. The summed E-state index contributed by atoms with van der Waals surface area (Å²) in [7, 11) is -3.57. The Balaban J connectivity index is 2.98. The van der Waals surface area contributed by atoms with Crippen LogP contribution in [0.25, 0.3) is 0 Å². The van der Waals surface area contributed by atoms with Crippen LogP contribution in [0.4, 0.5) is 0 Å². The molecule has 1 heterocycles. The summed E-state index contributed by atoms with van der Waals surface area (Å²) in [6.07, 6.45) is 0.540. The molecule has 2 N–H and O–H groups in total. The van der Waals surface area contributed by atoms with Crippen molar-refractivity contribution in [3.05, 3.63) is 13.6 Å². The molecule has 0 amide bonds. The fraction of sp³-hybridized carbons (Fsp3) is 0.500. The molecule has 92 valence electrons. The number of halogens is 2. The summed E-state index contributed by atoms with van der Waals surface area (Å²) in [4.78, 5) is 0.191. The summed E-state index contributed by atoms with van der Waals surface area (Å²) in [5.74, 6) is 0. The maximum absolute atomic E-state index is 11.9. The fourth-order valence-corrected chi connectivity index (χ4v) is 6.16. The number of hydrogen-bond acceptors (Lipinski definition) is 4. The normalized spacial score (nSPS) is 14.0. The molecule has 0 spiro atoms. The lowest BCUT2D eigenvalue weighted by Gasteiger charge is -2.13. The van der Waals surface area contributed by atoms with Gasteiger partial charge in [0.2, 0.25) is 10.0 Å². The number of rotatable bonds is 5. The highest BCUT2D eigenvalue weighted by atomic mass is 79.9. The smallest absolute Gasteiger partial charge is 0.242 e. The minimum Gasteiger partial charge on any atom is -0.395 e. The van der Waals surface area contributed by atoms with Crippen molar-refractivity contribution in [2.75, 3.05) is 6.61 Å². The molecule has 0 aliphatic carbocycles. The first kappa shape index (κ1) is 14.6. The van der Waals surface area contributed by atoms with Crippen LogP contribution in [0.3, 0.4) is 0 Å². The molecule has 0 saturated heterocycles. The van der Waals surface area contributed by atoms with Crippen molar-refractivity contribution >= 4 is 53.2 Å². The van der Waals surface area contributed by atoms with E-state index in [2.05, 4.69) is 36.6 Å². The minimum atomic E-state index is -3.57. The molecule has 0 fully saturated rings. The molecule has 0 aromatic carbocycles. The van der Waals surface area contributed by atoms with Crippen LogP contribution in [0.15, 0.2) is 18.5 Å². The van der Waals surface area contributed by atoms with Gasteiger partial charge in [-0.15, -0.1) is 11.3 Å². The van der Waals surface area contributed by atoms with Crippen LogP contribution in [-0.2, 0) is 10.0 Å². The highest BCUT2D eigenvalue weighted by Crippen LogP contribution is 2.34. The Kier molecular flexibility index (Phi) is 5.40. The molecule has 0 radical (unpaired) electrons. The van der Waals surface area contributed by atoms with Crippen LogP contribution >= 0.6 is 43.2 Å². The second-order valence-electron chi connectivity index (χ2n) is 3.10. The van der Waals surface area contributed by atoms with Crippen molar-refractivity contribution in [1.82, 2.24) is 4.72 Å². The van der Waals surface area contributed by atoms with Gasteiger partial charge in [0.25, 0.3) is 0 Å². The molecular weight excluding hydrogens is 382 g/mol. The first-order valence-corrected chi connectivity index (χ1v) is 8.37. The van der Waals surface area contributed by atoms with E-state index >= 15 is 0 Å². The molecule has 4 nitrogen and oxygen atoms in total. The lowest BCUT2D eigenvalue weighted by molar-refractivity contribution is 0.254. The third-order valence-corrected chi connectivity index (χ3v) is 6.23. The molecule has 0 aliphatic heterocycles. The highest BCUT2D eigenvalue weighted by molar-refractivity contribution is 9.12. The predicted molar refractivity (Wildman–Crippen MR) is 71.2 cm³/mol. The topological polar surface area (TPSA) is 66.4 Å². The van der Waals surface area contributed by atoms with Gasteiger partial charge in [0.15, 0.2) is 0 Å². The van der Waals surface area contributed by atoms with Gasteiger partial charge in [-0.05, 0) is 44.3 Å². The van der Waals surface area contributed by atoms with Gasteiger partial charge in [0, 0.05) is 6.04 Å². The maximum atomic E-state index is 11.9. The van der Waals surface area contributed by atoms with Gasteiger partial charge in [-0.2, -0.15) is 0 Å². The molecule has 1 aromatic rings. The van der Waals surface area contributed by atoms with Crippen molar-refractivity contribution < 1.29 is 13.5 Å². The van der Waals surface area contributed by atoms with E-state index in [1.54, 1.807) is 0 Å². The largest absolute Gasteiger partial charge is 0.395 e. The highest BCUT2D eigenvalue weighted by Gasteiger charge is 2.23. The van der Waals surface area contributed by atoms with Gasteiger partial charge in [0.1, 0.15) is 4.90 Å². The van der Waals surface area contributed by atoms with Gasteiger partial charge in [0.05, 0.1) is 14.2 Å². The summed E-state index contributed by atoms with van der Waals surface area (Å²) < 4.78 is 27.6. The van der Waals surface area contributed by atoms with E-state index in [1.165, 1.54) is 17.4 Å².